The molecule has 0 radical (unpaired) electrons. The van der Waals surface area contributed by atoms with E-state index in [0.29, 0.717) is 22.9 Å². The fourth-order valence-electron chi connectivity index (χ4n) is 2.71. The number of carboxylic acids is 1. The van der Waals surface area contributed by atoms with E-state index in [2.05, 4.69) is 10.4 Å². The lowest BCUT2D eigenvalue weighted by atomic mass is 9.88. The summed E-state index contributed by atoms with van der Waals surface area (Å²) in [6, 6.07) is 3.09. The minimum atomic E-state index is -1.06. The monoisotopic (exact) mass is 287 g/mol. The van der Waals surface area contributed by atoms with E-state index in [-0.39, 0.29) is 23.8 Å². The number of carbonyl (C=O) groups is 3. The summed E-state index contributed by atoms with van der Waals surface area (Å²) in [5.41, 5.74) is 1.15. The van der Waals surface area contributed by atoms with E-state index in [0.717, 1.165) is 0 Å². The molecule has 0 bridgehead atoms. The summed E-state index contributed by atoms with van der Waals surface area (Å²) >= 11 is 0. The van der Waals surface area contributed by atoms with Gasteiger partial charge in [0.1, 0.15) is 5.52 Å². The molecule has 2 N–H and O–H groups in total. The van der Waals surface area contributed by atoms with Crippen molar-refractivity contribution >= 4 is 28.7 Å². The van der Waals surface area contributed by atoms with Crippen LogP contribution in [-0.4, -0.2) is 32.7 Å². The Balaban J connectivity index is 2.16. The van der Waals surface area contributed by atoms with Crippen molar-refractivity contribution in [2.45, 2.75) is 18.8 Å². The molecule has 3 rings (SSSR count). The molecule has 7 nitrogen and oxygen atoms in total. The smallest absolute Gasteiger partial charge is 0.337 e. The van der Waals surface area contributed by atoms with Gasteiger partial charge in [-0.2, -0.15) is 5.10 Å². The number of nitrogens with zero attached hydrogens (tertiary/aromatic N) is 2. The minimum Gasteiger partial charge on any atom is -0.478 e. The predicted octanol–water partition coefficient (Wildman–Crippen LogP) is 0.792. The molecule has 1 aliphatic rings. The van der Waals surface area contributed by atoms with E-state index in [1.807, 2.05) is 0 Å². The lowest BCUT2D eigenvalue weighted by molar-refractivity contribution is -0.134. The molecule has 2 aromatic rings. The maximum Gasteiger partial charge on any atom is 0.337 e. The van der Waals surface area contributed by atoms with Crippen molar-refractivity contribution < 1.29 is 19.5 Å². The highest BCUT2D eigenvalue weighted by atomic mass is 16.4. The molecular weight excluding hydrogens is 274 g/mol. The van der Waals surface area contributed by atoms with Crippen molar-refractivity contribution in [3.05, 3.63) is 29.5 Å². The van der Waals surface area contributed by atoms with Crippen molar-refractivity contribution in [3.63, 3.8) is 0 Å². The molecule has 1 aromatic carbocycles. The van der Waals surface area contributed by atoms with E-state index < -0.39 is 11.9 Å². The number of aromatic nitrogens is 2. The van der Waals surface area contributed by atoms with Crippen LogP contribution in [0.5, 0.6) is 0 Å². The summed E-state index contributed by atoms with van der Waals surface area (Å²) in [7, 11) is 1.69. The van der Waals surface area contributed by atoms with E-state index >= 15 is 0 Å². The van der Waals surface area contributed by atoms with Crippen LogP contribution in [-0.2, 0) is 16.6 Å². The highest BCUT2D eigenvalue weighted by molar-refractivity contribution is 6.06. The number of piperidine rings is 1. The van der Waals surface area contributed by atoms with Crippen LogP contribution in [0.15, 0.2) is 18.3 Å². The number of aromatic carboxylic acids is 1. The van der Waals surface area contributed by atoms with Crippen LogP contribution in [0.3, 0.4) is 0 Å². The molecule has 2 amide bonds. The summed E-state index contributed by atoms with van der Waals surface area (Å²) in [6.45, 7) is 0. The van der Waals surface area contributed by atoms with Gasteiger partial charge in [0, 0.05) is 25.1 Å². The summed E-state index contributed by atoms with van der Waals surface area (Å²) in [5, 5.41) is 16.3. The fourth-order valence-corrected chi connectivity index (χ4v) is 2.71. The third-order valence-electron chi connectivity index (χ3n) is 3.67. The van der Waals surface area contributed by atoms with Gasteiger partial charge in [0.05, 0.1) is 11.5 Å². The first-order chi connectivity index (χ1) is 9.97. The Kier molecular flexibility index (Phi) is 2.97. The topological polar surface area (TPSA) is 101 Å². The van der Waals surface area contributed by atoms with E-state index in [1.165, 1.54) is 10.7 Å². The van der Waals surface area contributed by atoms with Gasteiger partial charge in [-0.3, -0.25) is 19.6 Å². The Hall–Kier alpha value is -2.70. The molecule has 1 aromatic heterocycles. The maximum absolute atomic E-state index is 12.0. The van der Waals surface area contributed by atoms with Crippen molar-refractivity contribution in [1.29, 1.82) is 0 Å². The Bertz CT molecular complexity index is 778. The normalized spacial score (nSPS) is 18.8. The number of amides is 2. The number of carbonyl (C=O) groups excluding carboxylic acids is 2. The zero-order valence-electron chi connectivity index (χ0n) is 11.3. The van der Waals surface area contributed by atoms with Gasteiger partial charge in [0.25, 0.3) is 0 Å². The van der Waals surface area contributed by atoms with Crippen LogP contribution < -0.4 is 5.32 Å². The number of fused-ring (bicyclic) bond motifs is 1. The largest absolute Gasteiger partial charge is 0.478 e. The standard InChI is InChI=1S/C14H13N3O4/c1-17-6-10-7(8-4-5-11(18)15-13(8)19)2-3-9(14(20)21)12(10)16-17/h2-3,6,8H,4-5H2,1H3,(H,20,21)(H,15,18,19). The van der Waals surface area contributed by atoms with E-state index in [4.69, 9.17) is 0 Å². The van der Waals surface area contributed by atoms with Crippen molar-refractivity contribution in [2.75, 3.05) is 0 Å². The molecule has 1 unspecified atom stereocenters. The fraction of sp³-hybridized carbons (Fsp3) is 0.286. The molecule has 1 atom stereocenters. The van der Waals surface area contributed by atoms with Gasteiger partial charge in [-0.25, -0.2) is 4.79 Å². The highest BCUT2D eigenvalue weighted by Gasteiger charge is 2.30. The summed E-state index contributed by atoms with van der Waals surface area (Å²) in [5.74, 6) is -2.15. The lowest BCUT2D eigenvalue weighted by Gasteiger charge is -2.21. The Morgan fingerprint density at radius 1 is 1.43 bits per heavy atom. The van der Waals surface area contributed by atoms with Crippen molar-refractivity contribution in [1.82, 2.24) is 15.1 Å². The average Bonchev–Trinajstić information content (AvgIpc) is 2.79. The second-order valence-electron chi connectivity index (χ2n) is 5.08. The lowest BCUT2D eigenvalue weighted by Crippen LogP contribution is -2.39. The molecular formula is C14H13N3O4. The summed E-state index contributed by atoms with van der Waals surface area (Å²) in [4.78, 5) is 34.5. The molecule has 7 heteroatoms. The molecule has 0 saturated carbocycles. The SMILES string of the molecule is Cn1cc2c(C3CCC(=O)NC3=O)ccc(C(=O)O)c2n1. The van der Waals surface area contributed by atoms with Crippen LogP contribution in [0.25, 0.3) is 10.9 Å². The molecule has 1 fully saturated rings. The number of imide groups is 1. The van der Waals surface area contributed by atoms with Gasteiger partial charge >= 0.3 is 5.97 Å². The first-order valence-electron chi connectivity index (χ1n) is 6.50. The van der Waals surface area contributed by atoms with Gasteiger partial charge in [-0.15, -0.1) is 0 Å². The minimum absolute atomic E-state index is 0.0987. The summed E-state index contributed by atoms with van der Waals surface area (Å²) in [6.07, 6.45) is 2.39. The highest BCUT2D eigenvalue weighted by Crippen LogP contribution is 2.32. The number of carboxylic acid groups (broad SMARTS) is 1. The van der Waals surface area contributed by atoms with Gasteiger partial charge in [-0.1, -0.05) is 6.07 Å². The third-order valence-corrected chi connectivity index (χ3v) is 3.67. The van der Waals surface area contributed by atoms with Crippen molar-refractivity contribution in [2.24, 2.45) is 7.05 Å². The Morgan fingerprint density at radius 3 is 2.86 bits per heavy atom. The number of rotatable bonds is 2. The molecule has 108 valence electrons. The predicted molar refractivity (Wildman–Crippen MR) is 72.8 cm³/mol. The quantitative estimate of drug-likeness (QED) is 0.795. The van der Waals surface area contributed by atoms with Gasteiger partial charge in [-0.05, 0) is 18.1 Å². The number of benzene rings is 1. The molecule has 1 saturated heterocycles. The van der Waals surface area contributed by atoms with Crippen LogP contribution in [0, 0.1) is 0 Å². The molecule has 1 aliphatic heterocycles. The average molecular weight is 287 g/mol. The molecule has 2 heterocycles. The van der Waals surface area contributed by atoms with Crippen LogP contribution in [0.2, 0.25) is 0 Å². The third kappa shape index (κ3) is 2.16. The molecule has 0 aliphatic carbocycles. The van der Waals surface area contributed by atoms with E-state index in [9.17, 15) is 19.5 Å². The number of hydrogen-bond donors (Lipinski definition) is 2. The van der Waals surface area contributed by atoms with Crippen LogP contribution in [0.1, 0.15) is 34.7 Å². The van der Waals surface area contributed by atoms with Crippen molar-refractivity contribution in [3.8, 4) is 0 Å². The zero-order valence-corrected chi connectivity index (χ0v) is 11.3. The Morgan fingerprint density at radius 2 is 2.19 bits per heavy atom. The first kappa shape index (κ1) is 13.3. The van der Waals surface area contributed by atoms with Crippen LogP contribution in [0.4, 0.5) is 0 Å². The second-order valence-corrected chi connectivity index (χ2v) is 5.08. The molecule has 21 heavy (non-hydrogen) atoms. The van der Waals surface area contributed by atoms with E-state index in [1.54, 1.807) is 19.3 Å². The maximum atomic E-state index is 12.0. The van der Waals surface area contributed by atoms with Crippen LogP contribution >= 0.6 is 0 Å². The first-order valence-corrected chi connectivity index (χ1v) is 6.50. The Labute approximate surface area is 119 Å². The zero-order chi connectivity index (χ0) is 15.1. The number of nitrogens with one attached hydrogen (secondary N) is 1. The number of aryl methyl sites for hydroxylation is 1. The molecule has 0 spiro atoms. The van der Waals surface area contributed by atoms with Gasteiger partial charge < -0.3 is 5.11 Å². The second kappa shape index (κ2) is 4.69. The van der Waals surface area contributed by atoms with Gasteiger partial charge in [0.15, 0.2) is 0 Å². The summed E-state index contributed by atoms with van der Waals surface area (Å²) < 4.78 is 1.52. The number of hydrogen-bond acceptors (Lipinski definition) is 4. The van der Waals surface area contributed by atoms with Gasteiger partial charge in [0.2, 0.25) is 11.8 Å².